The summed E-state index contributed by atoms with van der Waals surface area (Å²) in [6.45, 7) is 6.83. The van der Waals surface area contributed by atoms with Crippen molar-refractivity contribution in [1.82, 2.24) is 4.90 Å². The van der Waals surface area contributed by atoms with Crippen molar-refractivity contribution in [1.29, 1.82) is 0 Å². The summed E-state index contributed by atoms with van der Waals surface area (Å²) in [5.74, 6) is 0. The molecule has 2 aliphatic rings. The molecule has 3 heteroatoms. The summed E-state index contributed by atoms with van der Waals surface area (Å²) in [5.41, 5.74) is 0.535. The predicted molar refractivity (Wildman–Crippen MR) is 80.4 cm³/mol. The molecule has 1 aliphatic heterocycles. The van der Waals surface area contributed by atoms with Crippen LogP contribution in [0.3, 0.4) is 0 Å². The predicted octanol–water partition coefficient (Wildman–Crippen LogP) is 3.83. The monoisotopic (exact) mass is 317 g/mol. The standard InChI is InChI=1S/C15H28BrNO/c1-2-17(11-14-7-6-10-18-14)13-15(12-16)8-4-3-5-9-15/h14H,2-13H2,1H3. The Hall–Kier alpha value is 0.400. The summed E-state index contributed by atoms with van der Waals surface area (Å²) in [5, 5.41) is 1.17. The summed E-state index contributed by atoms with van der Waals surface area (Å²) in [6.07, 6.45) is 10.1. The van der Waals surface area contributed by atoms with Crippen LogP contribution in [-0.4, -0.2) is 42.6 Å². The lowest BCUT2D eigenvalue weighted by atomic mass is 9.75. The second-order valence-electron chi connectivity index (χ2n) is 6.16. The lowest BCUT2D eigenvalue weighted by molar-refractivity contribution is 0.0518. The molecule has 0 aromatic rings. The molecule has 1 heterocycles. The zero-order chi connectivity index (χ0) is 12.8. The van der Waals surface area contributed by atoms with Crippen molar-refractivity contribution in [2.24, 2.45) is 5.41 Å². The average molecular weight is 318 g/mol. The van der Waals surface area contributed by atoms with Crippen LogP contribution in [0.5, 0.6) is 0 Å². The van der Waals surface area contributed by atoms with Crippen LogP contribution >= 0.6 is 15.9 Å². The summed E-state index contributed by atoms with van der Waals surface area (Å²) >= 11 is 3.78. The molecular formula is C15H28BrNO. The fraction of sp³-hybridized carbons (Fsp3) is 1.00. The SMILES string of the molecule is CCN(CC1CCCO1)CC1(CBr)CCCCC1. The number of alkyl halides is 1. The minimum Gasteiger partial charge on any atom is -0.377 e. The molecule has 2 rings (SSSR count). The molecule has 18 heavy (non-hydrogen) atoms. The van der Waals surface area contributed by atoms with Crippen molar-refractivity contribution in [3.05, 3.63) is 0 Å². The van der Waals surface area contributed by atoms with Crippen LogP contribution in [0.1, 0.15) is 51.9 Å². The molecule has 0 spiro atoms. The summed E-state index contributed by atoms with van der Waals surface area (Å²) in [4.78, 5) is 2.63. The largest absolute Gasteiger partial charge is 0.377 e. The van der Waals surface area contributed by atoms with E-state index >= 15 is 0 Å². The van der Waals surface area contributed by atoms with E-state index in [2.05, 4.69) is 27.8 Å². The van der Waals surface area contributed by atoms with E-state index < -0.39 is 0 Å². The Kier molecular flexibility index (Phi) is 5.96. The Balaban J connectivity index is 1.86. The maximum Gasteiger partial charge on any atom is 0.0702 e. The van der Waals surface area contributed by atoms with E-state index in [0.29, 0.717) is 11.5 Å². The van der Waals surface area contributed by atoms with Crippen molar-refractivity contribution in [3.63, 3.8) is 0 Å². The molecular weight excluding hydrogens is 290 g/mol. The first-order valence-electron chi connectivity index (χ1n) is 7.68. The minimum atomic E-state index is 0.501. The van der Waals surface area contributed by atoms with Gasteiger partial charge in [-0.15, -0.1) is 0 Å². The zero-order valence-corrected chi connectivity index (χ0v) is 13.4. The van der Waals surface area contributed by atoms with Crippen LogP contribution in [-0.2, 0) is 4.74 Å². The smallest absolute Gasteiger partial charge is 0.0702 e. The number of likely N-dealkylation sites (N-methyl/N-ethyl adjacent to an activating group) is 1. The molecule has 1 saturated carbocycles. The van der Waals surface area contributed by atoms with E-state index in [9.17, 15) is 0 Å². The highest BCUT2D eigenvalue weighted by atomic mass is 79.9. The van der Waals surface area contributed by atoms with Gasteiger partial charge in [0.25, 0.3) is 0 Å². The molecule has 0 radical (unpaired) electrons. The Bertz CT molecular complexity index is 235. The van der Waals surface area contributed by atoms with Gasteiger partial charge in [0.1, 0.15) is 0 Å². The third kappa shape index (κ3) is 3.94. The third-order valence-corrected chi connectivity index (χ3v) is 5.88. The van der Waals surface area contributed by atoms with E-state index in [0.717, 1.165) is 19.7 Å². The Morgan fingerprint density at radius 2 is 2.00 bits per heavy atom. The van der Waals surface area contributed by atoms with Crippen molar-refractivity contribution >= 4 is 15.9 Å². The highest BCUT2D eigenvalue weighted by Gasteiger charge is 2.33. The highest BCUT2D eigenvalue weighted by molar-refractivity contribution is 9.09. The lowest BCUT2D eigenvalue weighted by Crippen LogP contribution is -2.43. The Morgan fingerprint density at radius 1 is 1.22 bits per heavy atom. The second-order valence-corrected chi connectivity index (χ2v) is 6.72. The van der Waals surface area contributed by atoms with E-state index in [-0.39, 0.29) is 0 Å². The summed E-state index contributed by atoms with van der Waals surface area (Å²) in [6, 6.07) is 0. The molecule has 0 aromatic carbocycles. The van der Waals surface area contributed by atoms with Crippen LogP contribution in [0, 0.1) is 5.41 Å². The molecule has 106 valence electrons. The summed E-state index contributed by atoms with van der Waals surface area (Å²) in [7, 11) is 0. The third-order valence-electron chi connectivity index (χ3n) is 4.69. The first-order chi connectivity index (χ1) is 8.78. The van der Waals surface area contributed by atoms with Gasteiger partial charge in [-0.1, -0.05) is 42.1 Å². The van der Waals surface area contributed by atoms with Gasteiger partial charge in [-0.2, -0.15) is 0 Å². The van der Waals surface area contributed by atoms with E-state index in [1.807, 2.05) is 0 Å². The van der Waals surface area contributed by atoms with Gasteiger partial charge >= 0.3 is 0 Å². The maximum absolute atomic E-state index is 5.79. The number of hydrogen-bond acceptors (Lipinski definition) is 2. The number of nitrogens with zero attached hydrogens (tertiary/aromatic N) is 1. The molecule has 2 nitrogen and oxygen atoms in total. The molecule has 1 saturated heterocycles. The first kappa shape index (κ1) is 14.8. The van der Waals surface area contributed by atoms with Crippen molar-refractivity contribution in [2.75, 3.05) is 31.6 Å². The van der Waals surface area contributed by atoms with Crippen LogP contribution in [0.2, 0.25) is 0 Å². The fourth-order valence-corrected chi connectivity index (χ4v) is 4.23. The maximum atomic E-state index is 5.79. The molecule has 1 atom stereocenters. The molecule has 1 aliphatic carbocycles. The Labute approximate surface area is 121 Å². The molecule has 2 fully saturated rings. The molecule has 0 bridgehead atoms. The molecule has 1 unspecified atom stereocenters. The topological polar surface area (TPSA) is 12.5 Å². The minimum absolute atomic E-state index is 0.501. The quantitative estimate of drug-likeness (QED) is 0.690. The van der Waals surface area contributed by atoms with Crippen molar-refractivity contribution in [3.8, 4) is 0 Å². The highest BCUT2D eigenvalue weighted by Crippen LogP contribution is 2.38. The van der Waals surface area contributed by atoms with Gasteiger partial charge in [-0.25, -0.2) is 0 Å². The molecule has 0 N–H and O–H groups in total. The number of hydrogen-bond donors (Lipinski definition) is 0. The first-order valence-corrected chi connectivity index (χ1v) is 8.80. The van der Waals surface area contributed by atoms with Gasteiger partial charge in [0, 0.05) is 25.0 Å². The number of rotatable bonds is 6. The van der Waals surface area contributed by atoms with Gasteiger partial charge in [-0.3, -0.25) is 0 Å². The normalized spacial score (nSPS) is 27.8. The molecule has 0 amide bonds. The Morgan fingerprint density at radius 3 is 2.56 bits per heavy atom. The van der Waals surface area contributed by atoms with E-state index in [4.69, 9.17) is 4.74 Å². The van der Waals surface area contributed by atoms with Crippen molar-refractivity contribution in [2.45, 2.75) is 58.0 Å². The number of ether oxygens (including phenoxy) is 1. The van der Waals surface area contributed by atoms with Crippen LogP contribution in [0.4, 0.5) is 0 Å². The van der Waals surface area contributed by atoms with Gasteiger partial charge in [0.05, 0.1) is 6.10 Å². The molecule has 0 aromatic heterocycles. The van der Waals surface area contributed by atoms with E-state index in [1.165, 1.54) is 56.8 Å². The summed E-state index contributed by atoms with van der Waals surface area (Å²) < 4.78 is 5.79. The van der Waals surface area contributed by atoms with Crippen molar-refractivity contribution < 1.29 is 4.74 Å². The van der Waals surface area contributed by atoms with E-state index in [1.54, 1.807) is 0 Å². The van der Waals surface area contributed by atoms with Gasteiger partial charge < -0.3 is 9.64 Å². The second kappa shape index (κ2) is 7.25. The van der Waals surface area contributed by atoms with Crippen LogP contribution in [0.15, 0.2) is 0 Å². The van der Waals surface area contributed by atoms with Gasteiger partial charge in [0.2, 0.25) is 0 Å². The number of halogens is 1. The lowest BCUT2D eigenvalue weighted by Gasteiger charge is -2.40. The fourth-order valence-electron chi connectivity index (χ4n) is 3.49. The van der Waals surface area contributed by atoms with Crippen LogP contribution in [0.25, 0.3) is 0 Å². The zero-order valence-electron chi connectivity index (χ0n) is 11.8. The van der Waals surface area contributed by atoms with Crippen LogP contribution < -0.4 is 0 Å². The van der Waals surface area contributed by atoms with Gasteiger partial charge in [0.15, 0.2) is 0 Å². The average Bonchev–Trinajstić information content (AvgIpc) is 2.92. The van der Waals surface area contributed by atoms with Gasteiger partial charge in [-0.05, 0) is 37.6 Å².